The van der Waals surface area contributed by atoms with Crippen molar-refractivity contribution in [3.63, 3.8) is 0 Å². The third kappa shape index (κ3) is 2.97. The van der Waals surface area contributed by atoms with Crippen LogP contribution in [0, 0.1) is 11.7 Å². The lowest BCUT2D eigenvalue weighted by atomic mass is 9.94. The van der Waals surface area contributed by atoms with Gasteiger partial charge in [0, 0.05) is 0 Å². The second-order valence-corrected chi connectivity index (χ2v) is 5.04. The number of halogens is 1. The molecule has 0 spiro atoms. The zero-order valence-corrected chi connectivity index (χ0v) is 10.4. The van der Waals surface area contributed by atoms with E-state index in [1.807, 2.05) is 19.9 Å². The number of nitrogens with two attached hydrogens (primary N) is 1. The summed E-state index contributed by atoms with van der Waals surface area (Å²) in [5, 5.41) is 0. The number of ether oxygens (including phenoxy) is 1. The van der Waals surface area contributed by atoms with Crippen LogP contribution in [-0.4, -0.2) is 12.6 Å². The quantitative estimate of drug-likeness (QED) is 0.854. The van der Waals surface area contributed by atoms with Crippen LogP contribution >= 0.6 is 0 Å². The lowest BCUT2D eigenvalue weighted by molar-refractivity contribution is 0.231. The van der Waals surface area contributed by atoms with Crippen molar-refractivity contribution in [2.24, 2.45) is 11.7 Å². The van der Waals surface area contributed by atoms with Crippen LogP contribution in [0.5, 0.6) is 5.75 Å². The van der Waals surface area contributed by atoms with Crippen LogP contribution in [0.4, 0.5) is 4.39 Å². The highest BCUT2D eigenvalue weighted by Crippen LogP contribution is 2.42. The molecule has 1 unspecified atom stereocenters. The SMILES string of the molecule is CC(C)Oc1ccc(C(CN)C2CC2)cc1F. The van der Waals surface area contributed by atoms with Gasteiger partial charge in [-0.1, -0.05) is 6.07 Å². The highest BCUT2D eigenvalue weighted by molar-refractivity contribution is 5.32. The molecule has 1 aliphatic carbocycles. The molecule has 0 bridgehead atoms. The van der Waals surface area contributed by atoms with Crippen molar-refractivity contribution >= 4 is 0 Å². The zero-order chi connectivity index (χ0) is 12.4. The lowest BCUT2D eigenvalue weighted by Gasteiger charge is -2.16. The van der Waals surface area contributed by atoms with E-state index in [-0.39, 0.29) is 11.9 Å². The standard InChI is InChI=1S/C14H20FNO/c1-9(2)17-14-6-5-11(7-13(14)15)12(8-16)10-3-4-10/h5-7,9-10,12H,3-4,8,16H2,1-2H3. The van der Waals surface area contributed by atoms with Gasteiger partial charge < -0.3 is 10.5 Å². The van der Waals surface area contributed by atoms with Crippen molar-refractivity contribution in [1.29, 1.82) is 0 Å². The Bertz CT molecular complexity index is 388. The summed E-state index contributed by atoms with van der Waals surface area (Å²) in [5.41, 5.74) is 6.76. The van der Waals surface area contributed by atoms with Crippen LogP contribution in [0.15, 0.2) is 18.2 Å². The summed E-state index contributed by atoms with van der Waals surface area (Å²) < 4.78 is 19.2. The lowest BCUT2D eigenvalue weighted by Crippen LogP contribution is -2.15. The maximum Gasteiger partial charge on any atom is 0.165 e. The van der Waals surface area contributed by atoms with E-state index in [2.05, 4.69) is 0 Å². The molecule has 2 N–H and O–H groups in total. The van der Waals surface area contributed by atoms with Crippen LogP contribution in [0.1, 0.15) is 38.2 Å². The Hall–Kier alpha value is -1.09. The van der Waals surface area contributed by atoms with E-state index < -0.39 is 0 Å². The average molecular weight is 237 g/mol. The van der Waals surface area contributed by atoms with Crippen LogP contribution in [0.2, 0.25) is 0 Å². The second-order valence-electron chi connectivity index (χ2n) is 5.04. The Kier molecular flexibility index (Phi) is 3.67. The Morgan fingerprint density at radius 3 is 2.59 bits per heavy atom. The molecule has 17 heavy (non-hydrogen) atoms. The molecule has 1 aromatic carbocycles. The molecule has 1 saturated carbocycles. The molecule has 0 saturated heterocycles. The monoisotopic (exact) mass is 237 g/mol. The van der Waals surface area contributed by atoms with Crippen LogP contribution in [0.25, 0.3) is 0 Å². The maximum absolute atomic E-state index is 13.8. The fourth-order valence-electron chi connectivity index (χ4n) is 2.20. The summed E-state index contributed by atoms with van der Waals surface area (Å²) in [7, 11) is 0. The van der Waals surface area contributed by atoms with Gasteiger partial charge >= 0.3 is 0 Å². The van der Waals surface area contributed by atoms with Crippen LogP contribution < -0.4 is 10.5 Å². The van der Waals surface area contributed by atoms with Gasteiger partial charge in [-0.2, -0.15) is 0 Å². The minimum absolute atomic E-state index is 0.0101. The first-order valence-electron chi connectivity index (χ1n) is 6.28. The number of rotatable bonds is 5. The number of hydrogen-bond acceptors (Lipinski definition) is 2. The molecule has 1 aromatic rings. The average Bonchev–Trinajstić information content (AvgIpc) is 3.07. The van der Waals surface area contributed by atoms with Gasteiger partial charge in [-0.15, -0.1) is 0 Å². The van der Waals surface area contributed by atoms with Crippen molar-refractivity contribution in [2.45, 2.75) is 38.7 Å². The van der Waals surface area contributed by atoms with E-state index in [0.717, 1.165) is 5.56 Å². The summed E-state index contributed by atoms with van der Waals surface area (Å²) in [5.74, 6) is 1.000. The van der Waals surface area contributed by atoms with Crippen molar-refractivity contribution in [3.8, 4) is 5.75 Å². The molecule has 3 heteroatoms. The number of hydrogen-bond donors (Lipinski definition) is 1. The van der Waals surface area contributed by atoms with Gasteiger partial charge in [-0.3, -0.25) is 0 Å². The molecule has 94 valence electrons. The summed E-state index contributed by atoms with van der Waals surface area (Å²) in [6.45, 7) is 4.37. The van der Waals surface area contributed by atoms with Crippen molar-refractivity contribution in [3.05, 3.63) is 29.6 Å². The Morgan fingerprint density at radius 2 is 2.12 bits per heavy atom. The highest BCUT2D eigenvalue weighted by Gasteiger charge is 2.31. The molecular weight excluding hydrogens is 217 g/mol. The fourth-order valence-corrected chi connectivity index (χ4v) is 2.20. The van der Waals surface area contributed by atoms with E-state index in [4.69, 9.17) is 10.5 Å². The van der Waals surface area contributed by atoms with Gasteiger partial charge in [-0.05, 0) is 62.8 Å². The van der Waals surface area contributed by atoms with Crippen LogP contribution in [0.3, 0.4) is 0 Å². The minimum Gasteiger partial charge on any atom is -0.488 e. The molecule has 0 aliphatic heterocycles. The summed E-state index contributed by atoms with van der Waals surface area (Å²) in [6, 6.07) is 5.24. The Morgan fingerprint density at radius 1 is 1.41 bits per heavy atom. The third-order valence-corrected chi connectivity index (χ3v) is 3.19. The molecular formula is C14H20FNO. The summed E-state index contributed by atoms with van der Waals surface area (Å²) >= 11 is 0. The normalized spacial score (nSPS) is 17.2. The van der Waals surface area contributed by atoms with E-state index in [0.29, 0.717) is 24.1 Å². The van der Waals surface area contributed by atoms with Crippen LogP contribution in [-0.2, 0) is 0 Å². The summed E-state index contributed by atoms with van der Waals surface area (Å²) in [6.07, 6.45) is 2.42. The predicted molar refractivity (Wildman–Crippen MR) is 66.7 cm³/mol. The Labute approximate surface area is 102 Å². The summed E-state index contributed by atoms with van der Waals surface area (Å²) in [4.78, 5) is 0. The Balaban J connectivity index is 2.17. The van der Waals surface area contributed by atoms with Gasteiger partial charge in [0.15, 0.2) is 11.6 Å². The van der Waals surface area contributed by atoms with Gasteiger partial charge in [0.05, 0.1) is 6.10 Å². The molecule has 0 radical (unpaired) electrons. The largest absolute Gasteiger partial charge is 0.488 e. The second kappa shape index (κ2) is 5.05. The predicted octanol–water partition coefficient (Wildman–Crippen LogP) is 3.07. The zero-order valence-electron chi connectivity index (χ0n) is 10.4. The fraction of sp³-hybridized carbons (Fsp3) is 0.571. The maximum atomic E-state index is 13.8. The molecule has 2 rings (SSSR count). The third-order valence-electron chi connectivity index (χ3n) is 3.19. The smallest absolute Gasteiger partial charge is 0.165 e. The molecule has 1 fully saturated rings. The van der Waals surface area contributed by atoms with E-state index in [9.17, 15) is 4.39 Å². The molecule has 0 aromatic heterocycles. The van der Waals surface area contributed by atoms with Gasteiger partial charge in [0.2, 0.25) is 0 Å². The van der Waals surface area contributed by atoms with Crippen molar-refractivity contribution in [2.75, 3.05) is 6.54 Å². The highest BCUT2D eigenvalue weighted by atomic mass is 19.1. The van der Waals surface area contributed by atoms with Gasteiger partial charge in [0.1, 0.15) is 0 Å². The molecule has 0 amide bonds. The van der Waals surface area contributed by atoms with E-state index in [1.54, 1.807) is 12.1 Å². The van der Waals surface area contributed by atoms with Crippen molar-refractivity contribution < 1.29 is 9.13 Å². The molecule has 1 atom stereocenters. The topological polar surface area (TPSA) is 35.2 Å². The molecule has 0 heterocycles. The van der Waals surface area contributed by atoms with Gasteiger partial charge in [-0.25, -0.2) is 4.39 Å². The first-order chi connectivity index (χ1) is 8.11. The van der Waals surface area contributed by atoms with Crippen molar-refractivity contribution in [1.82, 2.24) is 0 Å². The first kappa shape index (κ1) is 12.4. The minimum atomic E-state index is -0.282. The van der Waals surface area contributed by atoms with E-state index in [1.165, 1.54) is 12.8 Å². The first-order valence-corrected chi connectivity index (χ1v) is 6.28. The van der Waals surface area contributed by atoms with Gasteiger partial charge in [0.25, 0.3) is 0 Å². The molecule has 2 nitrogen and oxygen atoms in total. The number of benzene rings is 1. The molecule has 1 aliphatic rings. The van der Waals surface area contributed by atoms with E-state index >= 15 is 0 Å².